The Kier molecular flexibility index (Phi) is 4.08. The van der Waals surface area contributed by atoms with Crippen molar-refractivity contribution in [2.45, 2.75) is 32.6 Å². The maximum atomic E-state index is 5.85. The van der Waals surface area contributed by atoms with Gasteiger partial charge in [-0.15, -0.1) is 0 Å². The molecule has 1 aliphatic rings. The van der Waals surface area contributed by atoms with E-state index in [9.17, 15) is 0 Å². The van der Waals surface area contributed by atoms with Crippen LogP contribution in [0.15, 0.2) is 27.6 Å². The molecule has 0 amide bonds. The van der Waals surface area contributed by atoms with Gasteiger partial charge in [0.25, 0.3) is 0 Å². The summed E-state index contributed by atoms with van der Waals surface area (Å²) in [4.78, 5) is 8.88. The molecule has 0 radical (unpaired) electrons. The van der Waals surface area contributed by atoms with E-state index >= 15 is 0 Å². The minimum absolute atomic E-state index is 0.522. The van der Waals surface area contributed by atoms with Crippen LogP contribution in [0.5, 0.6) is 0 Å². The number of fused-ring (bicyclic) bond motifs is 1. The second-order valence-corrected chi connectivity index (χ2v) is 5.73. The van der Waals surface area contributed by atoms with Crippen LogP contribution in [-0.2, 0) is 6.42 Å². The number of rotatable bonds is 5. The molecule has 5 nitrogen and oxygen atoms in total. The summed E-state index contributed by atoms with van der Waals surface area (Å²) in [6.45, 7) is 3.57. The van der Waals surface area contributed by atoms with E-state index in [-0.39, 0.29) is 0 Å². The van der Waals surface area contributed by atoms with Gasteiger partial charge >= 0.3 is 0 Å². The monoisotopic (exact) mass is 286 g/mol. The molecule has 3 rings (SSSR count). The SMILES string of the molecule is Cc1cccc2oc(CCNC(N)=NCC3CCC3)nc12. The molecule has 0 unspecified atom stereocenters. The van der Waals surface area contributed by atoms with Crippen molar-refractivity contribution in [3.05, 3.63) is 29.7 Å². The fourth-order valence-corrected chi connectivity index (χ4v) is 2.50. The van der Waals surface area contributed by atoms with Crippen molar-refractivity contribution in [2.75, 3.05) is 13.1 Å². The Balaban J connectivity index is 1.50. The molecule has 0 bridgehead atoms. The van der Waals surface area contributed by atoms with Gasteiger partial charge in [-0.05, 0) is 37.3 Å². The zero-order valence-corrected chi connectivity index (χ0v) is 12.4. The van der Waals surface area contributed by atoms with E-state index in [0.717, 1.165) is 35.0 Å². The number of benzene rings is 1. The van der Waals surface area contributed by atoms with Crippen LogP contribution in [0.25, 0.3) is 11.1 Å². The van der Waals surface area contributed by atoms with Crippen molar-refractivity contribution in [3.8, 4) is 0 Å². The third kappa shape index (κ3) is 3.35. The predicted octanol–water partition coefficient (Wildman–Crippen LogP) is 2.38. The second-order valence-electron chi connectivity index (χ2n) is 5.73. The molecular formula is C16H22N4O. The van der Waals surface area contributed by atoms with Gasteiger partial charge in [0.15, 0.2) is 17.4 Å². The summed E-state index contributed by atoms with van der Waals surface area (Å²) >= 11 is 0. The lowest BCUT2D eigenvalue weighted by molar-refractivity contribution is 0.326. The number of hydrogen-bond acceptors (Lipinski definition) is 3. The maximum absolute atomic E-state index is 5.85. The van der Waals surface area contributed by atoms with E-state index < -0.39 is 0 Å². The third-order valence-corrected chi connectivity index (χ3v) is 4.05. The summed E-state index contributed by atoms with van der Waals surface area (Å²) in [6.07, 6.45) is 4.62. The summed E-state index contributed by atoms with van der Waals surface area (Å²) in [6, 6.07) is 5.97. The van der Waals surface area contributed by atoms with Crippen LogP contribution in [0.3, 0.4) is 0 Å². The van der Waals surface area contributed by atoms with E-state index in [4.69, 9.17) is 10.2 Å². The van der Waals surface area contributed by atoms with Gasteiger partial charge in [-0.25, -0.2) is 4.98 Å². The smallest absolute Gasteiger partial charge is 0.197 e. The molecule has 0 saturated heterocycles. The standard InChI is InChI=1S/C16H22N4O/c1-11-4-2-7-13-15(11)20-14(21-13)8-9-18-16(17)19-10-12-5-3-6-12/h2,4,7,12H,3,5-6,8-10H2,1H3,(H3,17,18,19). The van der Waals surface area contributed by atoms with Gasteiger partial charge in [0.05, 0.1) is 0 Å². The number of hydrogen-bond donors (Lipinski definition) is 2. The number of para-hydroxylation sites is 1. The van der Waals surface area contributed by atoms with Crippen molar-refractivity contribution < 1.29 is 4.42 Å². The molecule has 0 spiro atoms. The predicted molar refractivity (Wildman–Crippen MR) is 84.3 cm³/mol. The normalized spacial score (nSPS) is 16.1. The summed E-state index contributed by atoms with van der Waals surface area (Å²) in [5, 5.41) is 3.12. The highest BCUT2D eigenvalue weighted by Gasteiger charge is 2.16. The molecule has 2 aromatic rings. The Bertz CT molecular complexity index is 643. The first-order valence-electron chi connectivity index (χ1n) is 7.61. The summed E-state index contributed by atoms with van der Waals surface area (Å²) in [5.74, 6) is 2.00. The fraction of sp³-hybridized carbons (Fsp3) is 0.500. The van der Waals surface area contributed by atoms with Crippen LogP contribution in [0, 0.1) is 12.8 Å². The van der Waals surface area contributed by atoms with E-state index in [1.165, 1.54) is 19.3 Å². The van der Waals surface area contributed by atoms with Crippen LogP contribution in [-0.4, -0.2) is 24.0 Å². The molecular weight excluding hydrogens is 264 g/mol. The number of nitrogens with zero attached hydrogens (tertiary/aromatic N) is 2. The number of guanidine groups is 1. The highest BCUT2D eigenvalue weighted by atomic mass is 16.3. The van der Waals surface area contributed by atoms with Crippen LogP contribution in [0.1, 0.15) is 30.7 Å². The van der Waals surface area contributed by atoms with Gasteiger partial charge < -0.3 is 15.5 Å². The average Bonchev–Trinajstić information content (AvgIpc) is 2.81. The minimum atomic E-state index is 0.522. The van der Waals surface area contributed by atoms with Crippen molar-refractivity contribution in [1.29, 1.82) is 0 Å². The molecule has 1 aromatic heterocycles. The highest BCUT2D eigenvalue weighted by molar-refractivity contribution is 5.78. The second kappa shape index (κ2) is 6.16. The van der Waals surface area contributed by atoms with Gasteiger partial charge in [-0.3, -0.25) is 4.99 Å². The molecule has 1 aromatic carbocycles. The molecule has 1 saturated carbocycles. The first-order chi connectivity index (χ1) is 10.2. The number of aliphatic imine (C=N–C) groups is 1. The van der Waals surface area contributed by atoms with Crippen LogP contribution < -0.4 is 11.1 Å². The Morgan fingerprint density at radius 3 is 3.05 bits per heavy atom. The molecule has 5 heteroatoms. The number of nitrogens with two attached hydrogens (primary N) is 1. The molecule has 0 atom stereocenters. The number of nitrogens with one attached hydrogen (secondary N) is 1. The minimum Gasteiger partial charge on any atom is -0.441 e. The zero-order valence-electron chi connectivity index (χ0n) is 12.4. The molecule has 3 N–H and O–H groups in total. The molecule has 1 fully saturated rings. The summed E-state index contributed by atoms with van der Waals surface area (Å²) in [5.41, 5.74) is 8.78. The Labute approximate surface area is 124 Å². The lowest BCUT2D eigenvalue weighted by Gasteiger charge is -2.23. The summed E-state index contributed by atoms with van der Waals surface area (Å²) < 4.78 is 5.72. The van der Waals surface area contributed by atoms with Crippen molar-refractivity contribution in [1.82, 2.24) is 10.3 Å². The van der Waals surface area contributed by atoms with E-state index in [2.05, 4.69) is 15.3 Å². The Morgan fingerprint density at radius 1 is 1.48 bits per heavy atom. The van der Waals surface area contributed by atoms with E-state index in [1.54, 1.807) is 0 Å². The highest BCUT2D eigenvalue weighted by Crippen LogP contribution is 2.26. The third-order valence-electron chi connectivity index (χ3n) is 4.05. The lowest BCUT2D eigenvalue weighted by atomic mass is 9.86. The van der Waals surface area contributed by atoms with Gasteiger partial charge in [0.1, 0.15) is 5.52 Å². The van der Waals surface area contributed by atoms with Crippen molar-refractivity contribution in [2.24, 2.45) is 16.6 Å². The quantitative estimate of drug-likeness (QED) is 0.653. The molecule has 1 heterocycles. The molecule has 112 valence electrons. The van der Waals surface area contributed by atoms with Gasteiger partial charge in [-0.2, -0.15) is 0 Å². The van der Waals surface area contributed by atoms with Crippen molar-refractivity contribution >= 4 is 17.1 Å². The maximum Gasteiger partial charge on any atom is 0.197 e. The van der Waals surface area contributed by atoms with Crippen molar-refractivity contribution in [3.63, 3.8) is 0 Å². The van der Waals surface area contributed by atoms with Gasteiger partial charge in [-0.1, -0.05) is 18.6 Å². The number of aryl methyl sites for hydroxylation is 1. The summed E-state index contributed by atoms with van der Waals surface area (Å²) in [7, 11) is 0. The lowest BCUT2D eigenvalue weighted by Crippen LogP contribution is -2.34. The molecule has 0 aliphatic heterocycles. The molecule has 1 aliphatic carbocycles. The van der Waals surface area contributed by atoms with E-state index in [1.807, 2.05) is 25.1 Å². The number of oxazole rings is 1. The first kappa shape index (κ1) is 13.9. The largest absolute Gasteiger partial charge is 0.441 e. The Morgan fingerprint density at radius 2 is 2.33 bits per heavy atom. The van der Waals surface area contributed by atoms with Crippen LogP contribution >= 0.6 is 0 Å². The van der Waals surface area contributed by atoms with E-state index in [0.29, 0.717) is 18.9 Å². The van der Waals surface area contributed by atoms with Crippen LogP contribution in [0.4, 0.5) is 0 Å². The fourth-order valence-electron chi connectivity index (χ4n) is 2.50. The molecule has 21 heavy (non-hydrogen) atoms. The number of aromatic nitrogens is 1. The Hall–Kier alpha value is -2.04. The zero-order chi connectivity index (χ0) is 14.7. The topological polar surface area (TPSA) is 76.4 Å². The average molecular weight is 286 g/mol. The van der Waals surface area contributed by atoms with Gasteiger partial charge in [0.2, 0.25) is 0 Å². The van der Waals surface area contributed by atoms with Gasteiger partial charge in [0, 0.05) is 19.5 Å². The van der Waals surface area contributed by atoms with Crippen LogP contribution in [0.2, 0.25) is 0 Å². The first-order valence-corrected chi connectivity index (χ1v) is 7.61.